The molecule has 0 spiro atoms. The minimum absolute atomic E-state index is 0.964. The summed E-state index contributed by atoms with van der Waals surface area (Å²) in [7, 11) is 0. The van der Waals surface area contributed by atoms with E-state index in [-0.39, 0.29) is 0 Å². The van der Waals surface area contributed by atoms with Crippen molar-refractivity contribution in [3.05, 3.63) is 52.0 Å². The Morgan fingerprint density at radius 3 is 2.64 bits per heavy atom. The molecule has 0 radical (unpaired) electrons. The highest BCUT2D eigenvalue weighted by molar-refractivity contribution is 7.11. The molecule has 0 atom stereocenters. The quantitative estimate of drug-likeness (QED) is 0.746. The maximum atomic E-state index is 4.40. The molecule has 0 aliphatic carbocycles. The van der Waals surface area contributed by atoms with E-state index in [1.54, 1.807) is 0 Å². The molecular formula is C12H13NS. The van der Waals surface area contributed by atoms with Crippen LogP contribution in [-0.2, 0) is 12.8 Å². The second-order valence-electron chi connectivity index (χ2n) is 3.24. The Labute approximate surface area is 88.4 Å². The Kier molecular flexibility index (Phi) is 2.94. The van der Waals surface area contributed by atoms with E-state index in [0.29, 0.717) is 0 Å². The van der Waals surface area contributed by atoms with Crippen LogP contribution in [0, 0.1) is 0 Å². The van der Waals surface area contributed by atoms with Crippen molar-refractivity contribution in [1.82, 2.24) is 4.98 Å². The number of benzene rings is 1. The van der Waals surface area contributed by atoms with Crippen molar-refractivity contribution in [2.75, 3.05) is 0 Å². The van der Waals surface area contributed by atoms with Gasteiger partial charge in [0.15, 0.2) is 0 Å². The summed E-state index contributed by atoms with van der Waals surface area (Å²) in [5.41, 5.74) is 1.34. The molecule has 0 saturated carbocycles. The lowest BCUT2D eigenvalue weighted by Crippen LogP contribution is -1.84. The van der Waals surface area contributed by atoms with Gasteiger partial charge in [0, 0.05) is 17.5 Å². The van der Waals surface area contributed by atoms with Gasteiger partial charge < -0.3 is 0 Å². The zero-order valence-corrected chi connectivity index (χ0v) is 9.05. The summed E-state index contributed by atoms with van der Waals surface area (Å²) in [5, 5.41) is 1.22. The van der Waals surface area contributed by atoms with Gasteiger partial charge in [0.25, 0.3) is 0 Å². The van der Waals surface area contributed by atoms with Gasteiger partial charge in [0.2, 0.25) is 0 Å². The lowest BCUT2D eigenvalue weighted by molar-refractivity contribution is 1.12. The predicted octanol–water partition coefficient (Wildman–Crippen LogP) is 3.30. The van der Waals surface area contributed by atoms with Gasteiger partial charge in [-0.15, -0.1) is 11.3 Å². The average Bonchev–Trinajstić information content (AvgIpc) is 2.67. The topological polar surface area (TPSA) is 12.9 Å². The molecule has 0 aliphatic rings. The summed E-state index contributed by atoms with van der Waals surface area (Å²) in [4.78, 5) is 5.77. The van der Waals surface area contributed by atoms with Gasteiger partial charge in [-0.05, 0) is 12.0 Å². The van der Waals surface area contributed by atoms with Gasteiger partial charge in [-0.3, -0.25) is 0 Å². The van der Waals surface area contributed by atoms with Gasteiger partial charge in [-0.25, -0.2) is 4.98 Å². The molecule has 2 rings (SSSR count). The summed E-state index contributed by atoms with van der Waals surface area (Å²) in [6.07, 6.45) is 4.04. The van der Waals surface area contributed by atoms with Crippen molar-refractivity contribution in [3.8, 4) is 0 Å². The average molecular weight is 203 g/mol. The third kappa shape index (κ3) is 2.20. The van der Waals surface area contributed by atoms with E-state index in [9.17, 15) is 0 Å². The van der Waals surface area contributed by atoms with Crippen LogP contribution in [0.25, 0.3) is 0 Å². The normalized spacial score (nSPS) is 10.4. The molecule has 1 heterocycles. The van der Waals surface area contributed by atoms with Crippen molar-refractivity contribution < 1.29 is 0 Å². The van der Waals surface area contributed by atoms with E-state index in [1.807, 2.05) is 23.6 Å². The summed E-state index contributed by atoms with van der Waals surface area (Å²) in [6.45, 7) is 2.17. The Hall–Kier alpha value is -1.15. The van der Waals surface area contributed by atoms with Crippen LogP contribution in [-0.4, -0.2) is 4.98 Å². The summed E-state index contributed by atoms with van der Waals surface area (Å²) in [6, 6.07) is 10.5. The number of aryl methyl sites for hydroxylation is 1. The maximum Gasteiger partial charge on any atom is 0.0971 e. The fourth-order valence-electron chi connectivity index (χ4n) is 1.36. The van der Waals surface area contributed by atoms with Crippen LogP contribution in [0.2, 0.25) is 0 Å². The molecule has 0 N–H and O–H groups in total. The molecule has 0 amide bonds. The van der Waals surface area contributed by atoms with Crippen LogP contribution in [0.3, 0.4) is 0 Å². The van der Waals surface area contributed by atoms with E-state index in [0.717, 1.165) is 12.8 Å². The first-order valence-electron chi connectivity index (χ1n) is 4.86. The van der Waals surface area contributed by atoms with Crippen LogP contribution < -0.4 is 0 Å². The molecule has 0 unspecified atom stereocenters. The zero-order valence-electron chi connectivity index (χ0n) is 8.23. The van der Waals surface area contributed by atoms with Crippen molar-refractivity contribution >= 4 is 11.3 Å². The van der Waals surface area contributed by atoms with Gasteiger partial charge in [0.1, 0.15) is 0 Å². The molecule has 2 heteroatoms. The molecule has 2 aromatic rings. The first-order valence-corrected chi connectivity index (χ1v) is 5.67. The Bertz CT molecular complexity index is 392. The van der Waals surface area contributed by atoms with Gasteiger partial charge >= 0.3 is 0 Å². The summed E-state index contributed by atoms with van der Waals surface area (Å²) in [5.74, 6) is 0. The van der Waals surface area contributed by atoms with E-state index >= 15 is 0 Å². The second-order valence-corrected chi connectivity index (χ2v) is 4.44. The molecule has 1 nitrogen and oxygen atoms in total. The van der Waals surface area contributed by atoms with E-state index in [2.05, 4.69) is 36.2 Å². The fraction of sp³-hybridized carbons (Fsp3) is 0.250. The highest BCUT2D eigenvalue weighted by atomic mass is 32.1. The summed E-state index contributed by atoms with van der Waals surface area (Å²) >= 11 is 1.82. The van der Waals surface area contributed by atoms with Crippen LogP contribution in [0.15, 0.2) is 36.5 Å². The summed E-state index contributed by atoms with van der Waals surface area (Å²) < 4.78 is 0. The molecule has 14 heavy (non-hydrogen) atoms. The van der Waals surface area contributed by atoms with Crippen molar-refractivity contribution in [1.29, 1.82) is 0 Å². The van der Waals surface area contributed by atoms with Crippen LogP contribution in [0.4, 0.5) is 0 Å². The highest BCUT2D eigenvalue weighted by Gasteiger charge is 2.00. The van der Waals surface area contributed by atoms with Crippen LogP contribution in [0.5, 0.6) is 0 Å². The number of hydrogen-bond donors (Lipinski definition) is 0. The predicted molar refractivity (Wildman–Crippen MR) is 60.7 cm³/mol. The van der Waals surface area contributed by atoms with Gasteiger partial charge in [0.05, 0.1) is 5.01 Å². The standard InChI is InChI=1S/C12H13NS/c1-2-11-9-13-12(14-11)8-10-6-4-3-5-7-10/h3-7,9H,2,8H2,1H3. The number of rotatable bonds is 3. The first-order chi connectivity index (χ1) is 6.88. The van der Waals surface area contributed by atoms with E-state index in [4.69, 9.17) is 0 Å². The molecule has 1 aromatic heterocycles. The molecule has 0 saturated heterocycles. The van der Waals surface area contributed by atoms with Gasteiger partial charge in [-0.1, -0.05) is 37.3 Å². The number of nitrogens with zero attached hydrogens (tertiary/aromatic N) is 1. The Morgan fingerprint density at radius 2 is 2.00 bits per heavy atom. The van der Waals surface area contributed by atoms with Crippen LogP contribution >= 0.6 is 11.3 Å². The Balaban J connectivity index is 2.11. The molecule has 0 bridgehead atoms. The van der Waals surface area contributed by atoms with Gasteiger partial charge in [-0.2, -0.15) is 0 Å². The zero-order chi connectivity index (χ0) is 9.80. The SMILES string of the molecule is CCc1cnc(Cc2ccccc2)s1. The third-order valence-corrected chi connectivity index (χ3v) is 3.29. The number of thiazole rings is 1. The largest absolute Gasteiger partial charge is 0.249 e. The number of hydrogen-bond acceptors (Lipinski definition) is 2. The maximum absolute atomic E-state index is 4.40. The van der Waals surface area contributed by atoms with E-state index in [1.165, 1.54) is 15.4 Å². The van der Waals surface area contributed by atoms with Crippen molar-refractivity contribution in [2.45, 2.75) is 19.8 Å². The van der Waals surface area contributed by atoms with Crippen molar-refractivity contribution in [3.63, 3.8) is 0 Å². The second kappa shape index (κ2) is 4.38. The lowest BCUT2D eigenvalue weighted by Gasteiger charge is -1.95. The highest BCUT2D eigenvalue weighted by Crippen LogP contribution is 2.16. The molecule has 1 aromatic carbocycles. The molecule has 72 valence electrons. The minimum Gasteiger partial charge on any atom is -0.249 e. The Morgan fingerprint density at radius 1 is 1.21 bits per heavy atom. The smallest absolute Gasteiger partial charge is 0.0971 e. The van der Waals surface area contributed by atoms with Crippen molar-refractivity contribution in [2.24, 2.45) is 0 Å². The molecule has 0 aliphatic heterocycles. The van der Waals surface area contributed by atoms with Crippen LogP contribution in [0.1, 0.15) is 22.4 Å². The number of aromatic nitrogens is 1. The third-order valence-electron chi connectivity index (χ3n) is 2.15. The lowest BCUT2D eigenvalue weighted by atomic mass is 10.2. The monoisotopic (exact) mass is 203 g/mol. The first kappa shape index (κ1) is 9.41. The minimum atomic E-state index is 0.964. The fourth-order valence-corrected chi connectivity index (χ4v) is 2.26. The molecular weight excluding hydrogens is 190 g/mol. The molecule has 0 fully saturated rings. The van der Waals surface area contributed by atoms with E-state index < -0.39 is 0 Å².